The molecule has 13 heteroatoms. The minimum absolute atomic E-state index is 0.0105. The van der Waals surface area contributed by atoms with E-state index in [9.17, 15) is 10.1 Å². The van der Waals surface area contributed by atoms with E-state index in [0.29, 0.717) is 17.6 Å². The van der Waals surface area contributed by atoms with Crippen molar-refractivity contribution in [1.82, 2.24) is 15.0 Å². The van der Waals surface area contributed by atoms with Crippen LogP contribution in [-0.2, 0) is 0 Å². The number of nitro benzene ring substituents is 1. The summed E-state index contributed by atoms with van der Waals surface area (Å²) >= 11 is 4.47. The summed E-state index contributed by atoms with van der Waals surface area (Å²) in [5.74, 6) is 1.86. The number of hydrogen-bond acceptors (Lipinski definition) is 10. The van der Waals surface area contributed by atoms with E-state index in [-0.39, 0.29) is 11.6 Å². The van der Waals surface area contributed by atoms with E-state index >= 15 is 0 Å². The highest BCUT2D eigenvalue weighted by molar-refractivity contribution is 14.1. The fourth-order valence-corrected chi connectivity index (χ4v) is 5.49. The van der Waals surface area contributed by atoms with Crippen LogP contribution in [-0.4, -0.2) is 46.3 Å². The van der Waals surface area contributed by atoms with E-state index in [1.807, 2.05) is 12.1 Å². The Balaban J connectivity index is 1.58. The van der Waals surface area contributed by atoms with Crippen molar-refractivity contribution < 1.29 is 9.66 Å². The molecule has 0 spiro atoms. The van der Waals surface area contributed by atoms with Crippen molar-refractivity contribution in [3.8, 4) is 5.75 Å². The van der Waals surface area contributed by atoms with Crippen molar-refractivity contribution in [2.24, 2.45) is 5.10 Å². The molecule has 0 saturated carbocycles. The summed E-state index contributed by atoms with van der Waals surface area (Å²) in [4.78, 5) is 26.0. The van der Waals surface area contributed by atoms with E-state index in [4.69, 9.17) is 4.74 Å². The normalized spacial score (nSPS) is 13.3. The Morgan fingerprint density at radius 3 is 2.50 bits per heavy atom. The van der Waals surface area contributed by atoms with Crippen molar-refractivity contribution in [1.29, 1.82) is 0 Å². The molecule has 1 aromatic heterocycles. The molecule has 11 nitrogen and oxygen atoms in total. The van der Waals surface area contributed by atoms with Crippen molar-refractivity contribution in [2.45, 2.75) is 12.8 Å². The fraction of sp³-hybridized carbons (Fsp3) is 0.238. The van der Waals surface area contributed by atoms with Gasteiger partial charge < -0.3 is 15.0 Å². The van der Waals surface area contributed by atoms with Crippen LogP contribution in [0.15, 0.2) is 41.5 Å². The maximum atomic E-state index is 10.9. The van der Waals surface area contributed by atoms with Gasteiger partial charge >= 0.3 is 0 Å². The van der Waals surface area contributed by atoms with Crippen molar-refractivity contribution in [2.75, 3.05) is 35.8 Å². The molecule has 1 aliphatic rings. The van der Waals surface area contributed by atoms with Gasteiger partial charge in [0.1, 0.15) is 5.75 Å². The number of hydrogen-bond donors (Lipinski definition) is 2. The highest BCUT2D eigenvalue weighted by Crippen LogP contribution is 2.27. The molecule has 0 radical (unpaired) electrons. The number of hydrazone groups is 1. The van der Waals surface area contributed by atoms with Crippen LogP contribution >= 0.6 is 45.2 Å². The van der Waals surface area contributed by atoms with E-state index < -0.39 is 4.92 Å². The average Bonchev–Trinajstić information content (AvgIpc) is 3.34. The smallest absolute Gasteiger partial charge is 0.269 e. The first-order chi connectivity index (χ1) is 16.4. The van der Waals surface area contributed by atoms with E-state index in [2.05, 4.69) is 80.9 Å². The van der Waals surface area contributed by atoms with Gasteiger partial charge in [-0.05, 0) is 82.3 Å². The molecule has 4 rings (SSSR count). The quantitative estimate of drug-likeness (QED) is 0.149. The summed E-state index contributed by atoms with van der Waals surface area (Å²) in [6.07, 6.45) is 3.80. The molecule has 2 N–H and O–H groups in total. The third-order valence-corrected chi connectivity index (χ3v) is 6.38. The zero-order chi connectivity index (χ0) is 24.1. The van der Waals surface area contributed by atoms with Crippen LogP contribution in [0.25, 0.3) is 0 Å². The molecule has 0 atom stereocenters. The monoisotopic (exact) mass is 686 g/mol. The first-order valence-corrected chi connectivity index (χ1v) is 12.4. The van der Waals surface area contributed by atoms with Crippen LogP contribution in [0, 0.1) is 17.3 Å². The van der Waals surface area contributed by atoms with Crippen molar-refractivity contribution in [3.63, 3.8) is 0 Å². The minimum Gasteiger partial charge on any atom is -0.495 e. The van der Waals surface area contributed by atoms with Gasteiger partial charge in [-0.3, -0.25) is 10.1 Å². The van der Waals surface area contributed by atoms with E-state index in [0.717, 1.165) is 44.4 Å². The molecular weight excluding hydrogens is 666 g/mol. The van der Waals surface area contributed by atoms with Gasteiger partial charge in [-0.15, -0.1) is 0 Å². The lowest BCUT2D eigenvalue weighted by Gasteiger charge is -2.16. The Labute approximate surface area is 222 Å². The predicted molar refractivity (Wildman–Crippen MR) is 147 cm³/mol. The summed E-state index contributed by atoms with van der Waals surface area (Å²) in [6.45, 7) is 1.73. The summed E-state index contributed by atoms with van der Waals surface area (Å²) in [5.41, 5.74) is 4.34. The minimum atomic E-state index is -0.442. The number of halogens is 2. The van der Waals surface area contributed by atoms with Gasteiger partial charge in [0, 0.05) is 40.0 Å². The second-order valence-corrected chi connectivity index (χ2v) is 9.69. The molecule has 2 aromatic carbocycles. The first kappa shape index (κ1) is 24.3. The molecule has 0 aliphatic carbocycles. The highest BCUT2D eigenvalue weighted by atomic mass is 127. The number of rotatable bonds is 8. The highest BCUT2D eigenvalue weighted by Gasteiger charge is 2.18. The van der Waals surface area contributed by atoms with Crippen LogP contribution in [0.1, 0.15) is 18.4 Å². The number of non-ortho nitro benzene ring substituents is 1. The summed E-state index contributed by atoms with van der Waals surface area (Å²) in [7, 11) is 1.62. The predicted octanol–water partition coefficient (Wildman–Crippen LogP) is 4.79. The Morgan fingerprint density at radius 2 is 1.82 bits per heavy atom. The summed E-state index contributed by atoms with van der Waals surface area (Å²) < 4.78 is 7.55. The lowest BCUT2D eigenvalue weighted by Crippen LogP contribution is -2.21. The Morgan fingerprint density at radius 1 is 1.12 bits per heavy atom. The average molecular weight is 686 g/mol. The largest absolute Gasteiger partial charge is 0.495 e. The van der Waals surface area contributed by atoms with Crippen molar-refractivity contribution >= 4 is 80.6 Å². The maximum absolute atomic E-state index is 10.9. The Kier molecular flexibility index (Phi) is 7.91. The van der Waals surface area contributed by atoms with Gasteiger partial charge in [0.2, 0.25) is 17.8 Å². The molecule has 1 fully saturated rings. The number of nitrogens with zero attached hydrogens (tertiary/aromatic N) is 6. The molecule has 0 bridgehead atoms. The third-order valence-electron chi connectivity index (χ3n) is 4.96. The molecular formula is C21H20I2N8O3. The van der Waals surface area contributed by atoms with Crippen LogP contribution in [0.4, 0.5) is 29.2 Å². The lowest BCUT2D eigenvalue weighted by molar-refractivity contribution is -0.384. The molecule has 1 saturated heterocycles. The Bertz CT molecular complexity index is 1220. The number of ether oxygens (including phenoxy) is 1. The molecule has 1 aliphatic heterocycles. The van der Waals surface area contributed by atoms with Gasteiger partial charge in [0.05, 0.1) is 21.8 Å². The molecule has 0 amide bonds. The van der Waals surface area contributed by atoms with Crippen LogP contribution in [0.5, 0.6) is 5.75 Å². The zero-order valence-electron chi connectivity index (χ0n) is 18.0. The van der Waals surface area contributed by atoms with Gasteiger partial charge in [0.15, 0.2) is 0 Å². The number of methoxy groups -OCH3 is 1. The topological polar surface area (TPSA) is 131 Å². The van der Waals surface area contributed by atoms with Crippen LogP contribution < -0.4 is 20.4 Å². The standard InChI is InChI=1S/C21H20I2N8O3/c1-34-18-13(10-14(22)11-17(18)23)12-24-29-20-26-19(27-21(28-20)30-8-2-3-9-30)25-15-4-6-16(7-5-15)31(32)33/h4-7,10-12H,2-3,8-9H2,1H3,(H2,25,26,27,28,29)/b24-12+. The van der Waals surface area contributed by atoms with Crippen LogP contribution in [0.2, 0.25) is 0 Å². The number of benzene rings is 2. The van der Waals surface area contributed by atoms with Gasteiger partial charge in [-0.25, -0.2) is 5.43 Å². The number of aromatic nitrogens is 3. The number of nitrogens with one attached hydrogen (secondary N) is 2. The molecule has 0 unspecified atom stereocenters. The number of anilines is 4. The number of nitro groups is 1. The SMILES string of the molecule is COc1c(I)cc(I)cc1/C=N/Nc1nc(Nc2ccc([N+](=O)[O-])cc2)nc(N2CCCC2)n1. The molecule has 3 aromatic rings. The van der Waals surface area contributed by atoms with Gasteiger partial charge in [-0.1, -0.05) is 0 Å². The van der Waals surface area contributed by atoms with Gasteiger partial charge in [-0.2, -0.15) is 20.1 Å². The van der Waals surface area contributed by atoms with E-state index in [1.54, 1.807) is 25.5 Å². The van der Waals surface area contributed by atoms with Crippen LogP contribution in [0.3, 0.4) is 0 Å². The summed E-state index contributed by atoms with van der Waals surface area (Å²) in [6, 6.07) is 10.0. The van der Waals surface area contributed by atoms with E-state index in [1.165, 1.54) is 12.1 Å². The maximum Gasteiger partial charge on any atom is 0.269 e. The zero-order valence-corrected chi connectivity index (χ0v) is 22.3. The first-order valence-electron chi connectivity index (χ1n) is 10.3. The molecule has 176 valence electrons. The van der Waals surface area contributed by atoms with Gasteiger partial charge in [0.25, 0.3) is 5.69 Å². The fourth-order valence-electron chi connectivity index (χ4n) is 3.38. The second kappa shape index (κ2) is 11.1. The lowest BCUT2D eigenvalue weighted by atomic mass is 10.2. The third kappa shape index (κ3) is 5.99. The molecule has 34 heavy (non-hydrogen) atoms. The Hall–Kier alpha value is -2.82. The van der Waals surface area contributed by atoms with Crippen molar-refractivity contribution in [3.05, 3.63) is 59.2 Å². The summed E-state index contributed by atoms with van der Waals surface area (Å²) in [5, 5.41) is 18.3. The second-order valence-electron chi connectivity index (χ2n) is 7.29. The molecule has 2 heterocycles.